The molecule has 1 aromatic rings. The Morgan fingerprint density at radius 3 is 2.67 bits per heavy atom. The number of rotatable bonds is 1. The van der Waals surface area contributed by atoms with Crippen LogP contribution in [0.15, 0.2) is 34.6 Å². The zero-order valence-corrected chi connectivity index (χ0v) is 6.88. The van der Waals surface area contributed by atoms with Crippen LogP contribution in [0.4, 0.5) is 0 Å². The van der Waals surface area contributed by atoms with Crippen molar-refractivity contribution in [2.45, 2.75) is 5.92 Å². The van der Waals surface area contributed by atoms with E-state index in [-0.39, 0.29) is 5.92 Å². The van der Waals surface area contributed by atoms with Crippen LogP contribution in [-0.2, 0) is 7.05 Å². The molecule has 0 radical (unpaired) electrons. The van der Waals surface area contributed by atoms with E-state index in [0.717, 1.165) is 0 Å². The van der Waals surface area contributed by atoms with E-state index in [0.29, 0.717) is 0 Å². The molecule has 0 bridgehead atoms. The van der Waals surface area contributed by atoms with E-state index in [1.54, 1.807) is 0 Å². The third-order valence-corrected chi connectivity index (χ3v) is 1.96. The van der Waals surface area contributed by atoms with Gasteiger partial charge in [0, 0.05) is 24.6 Å². The smallest absolute Gasteiger partial charge is 0.195 e. The highest BCUT2D eigenvalue weighted by Gasteiger charge is 2.17. The Bertz CT molecular complexity index is 329. The van der Waals surface area contributed by atoms with Crippen molar-refractivity contribution in [3.05, 3.63) is 30.1 Å². The van der Waals surface area contributed by atoms with Crippen LogP contribution in [-0.4, -0.2) is 12.4 Å². The number of hydrogen-bond donors (Lipinski definition) is 0. The maximum Gasteiger partial charge on any atom is 0.195 e. The first kappa shape index (κ1) is 7.16. The Morgan fingerprint density at radius 2 is 2.00 bits per heavy atom. The lowest BCUT2D eigenvalue weighted by Gasteiger charge is -1.99. The molecule has 0 unspecified atom stereocenters. The Hall–Kier alpha value is -1.51. The molecule has 0 N–H and O–H groups in total. The van der Waals surface area contributed by atoms with E-state index in [2.05, 4.69) is 20.8 Å². The van der Waals surface area contributed by atoms with Crippen molar-refractivity contribution in [3.63, 3.8) is 0 Å². The molecule has 0 aromatic carbocycles. The van der Waals surface area contributed by atoms with Crippen molar-refractivity contribution in [1.82, 2.24) is 0 Å². The molecular weight excluding hydrogens is 150 g/mol. The summed E-state index contributed by atoms with van der Waals surface area (Å²) in [6, 6.07) is 6.11. The van der Waals surface area contributed by atoms with Crippen LogP contribution in [0.3, 0.4) is 0 Å². The van der Waals surface area contributed by atoms with Crippen molar-refractivity contribution in [1.29, 1.82) is 0 Å². The number of nitrogens with zero attached hydrogens (tertiary/aromatic N) is 3. The highest BCUT2D eigenvalue weighted by Crippen LogP contribution is 2.09. The second-order valence-electron chi connectivity index (χ2n) is 2.79. The lowest BCUT2D eigenvalue weighted by Crippen LogP contribution is -2.34. The predicted octanol–water partition coefficient (Wildman–Crippen LogP) is 0.665. The lowest BCUT2D eigenvalue weighted by atomic mass is 10.1. The molecule has 0 saturated carbocycles. The van der Waals surface area contributed by atoms with Gasteiger partial charge in [-0.05, 0) is 0 Å². The van der Waals surface area contributed by atoms with Crippen LogP contribution in [0, 0.1) is 0 Å². The van der Waals surface area contributed by atoms with E-state index < -0.39 is 0 Å². The van der Waals surface area contributed by atoms with Gasteiger partial charge in [-0.15, -0.1) is 0 Å². The van der Waals surface area contributed by atoms with Gasteiger partial charge < -0.3 is 0 Å². The Balaban J connectivity index is 2.39. The summed E-state index contributed by atoms with van der Waals surface area (Å²) in [5.74, 6) is 0.246. The molecule has 0 aliphatic carbocycles. The van der Waals surface area contributed by atoms with E-state index >= 15 is 0 Å². The first-order valence-electron chi connectivity index (χ1n) is 3.89. The Morgan fingerprint density at radius 1 is 1.25 bits per heavy atom. The second kappa shape index (κ2) is 2.85. The average molecular weight is 160 g/mol. The minimum absolute atomic E-state index is 0.246. The van der Waals surface area contributed by atoms with E-state index in [1.807, 2.05) is 37.8 Å². The van der Waals surface area contributed by atoms with Gasteiger partial charge in [0.05, 0.1) is 0 Å². The molecule has 0 fully saturated rings. The van der Waals surface area contributed by atoms with Gasteiger partial charge in [0.25, 0.3) is 0 Å². The quantitative estimate of drug-likeness (QED) is 0.540. The van der Waals surface area contributed by atoms with Gasteiger partial charge in [-0.3, -0.25) is 0 Å². The molecule has 60 valence electrons. The van der Waals surface area contributed by atoms with Gasteiger partial charge in [-0.25, -0.2) is 4.57 Å². The summed E-state index contributed by atoms with van der Waals surface area (Å²) in [5.41, 5.74) is 1.21. The van der Waals surface area contributed by atoms with E-state index in [4.69, 9.17) is 0 Å². The summed E-state index contributed by atoms with van der Waals surface area (Å²) in [6.07, 6.45) is 5.71. The molecule has 0 atom stereocenters. The SMILES string of the molecule is C[n+]1ccccc1C1C=NN=C1. The number of aryl methyl sites for hydroxylation is 1. The van der Waals surface area contributed by atoms with Crippen molar-refractivity contribution >= 4 is 12.4 Å². The summed E-state index contributed by atoms with van der Waals surface area (Å²) in [6.45, 7) is 0. The Kier molecular flexibility index (Phi) is 1.70. The summed E-state index contributed by atoms with van der Waals surface area (Å²) < 4.78 is 2.08. The number of hydrogen-bond acceptors (Lipinski definition) is 2. The molecule has 2 heterocycles. The zero-order valence-electron chi connectivity index (χ0n) is 6.88. The third-order valence-electron chi connectivity index (χ3n) is 1.96. The van der Waals surface area contributed by atoms with Crippen LogP contribution in [0.25, 0.3) is 0 Å². The fourth-order valence-electron chi connectivity index (χ4n) is 1.29. The number of pyridine rings is 1. The van der Waals surface area contributed by atoms with Crippen molar-refractivity contribution < 1.29 is 4.57 Å². The summed E-state index contributed by atoms with van der Waals surface area (Å²) >= 11 is 0. The maximum absolute atomic E-state index is 3.81. The molecule has 1 aliphatic rings. The van der Waals surface area contributed by atoms with Crippen molar-refractivity contribution in [2.75, 3.05) is 0 Å². The lowest BCUT2D eigenvalue weighted by molar-refractivity contribution is -0.678. The summed E-state index contributed by atoms with van der Waals surface area (Å²) in [4.78, 5) is 0. The molecule has 0 saturated heterocycles. The summed E-state index contributed by atoms with van der Waals surface area (Å²) in [5, 5.41) is 7.63. The standard InChI is InChI=1S/C9H10N3/c1-12-5-3-2-4-9(12)8-6-10-11-7-8/h2-8H,1H3/q+1. The van der Waals surface area contributed by atoms with Gasteiger partial charge >= 0.3 is 0 Å². The molecule has 1 aliphatic heterocycles. The minimum Gasteiger partial charge on any atom is -0.204 e. The first-order valence-corrected chi connectivity index (χ1v) is 3.89. The molecule has 0 spiro atoms. The van der Waals surface area contributed by atoms with Crippen molar-refractivity contribution in [2.24, 2.45) is 17.3 Å². The normalized spacial score (nSPS) is 15.8. The molecule has 1 aromatic heterocycles. The van der Waals surface area contributed by atoms with E-state index in [1.165, 1.54) is 5.69 Å². The third kappa shape index (κ3) is 1.13. The van der Waals surface area contributed by atoms with Gasteiger partial charge in [0.1, 0.15) is 13.0 Å². The van der Waals surface area contributed by atoms with Gasteiger partial charge in [0.15, 0.2) is 11.9 Å². The van der Waals surface area contributed by atoms with Crippen molar-refractivity contribution in [3.8, 4) is 0 Å². The van der Waals surface area contributed by atoms with Crippen LogP contribution in [0.1, 0.15) is 11.6 Å². The van der Waals surface area contributed by atoms with E-state index in [9.17, 15) is 0 Å². The summed E-state index contributed by atoms with van der Waals surface area (Å²) in [7, 11) is 2.02. The topological polar surface area (TPSA) is 28.6 Å². The first-order chi connectivity index (χ1) is 5.88. The molecular formula is C9H10N3+. The second-order valence-corrected chi connectivity index (χ2v) is 2.79. The maximum atomic E-state index is 3.81. The zero-order chi connectivity index (χ0) is 8.39. The highest BCUT2D eigenvalue weighted by molar-refractivity contribution is 5.92. The molecule has 3 nitrogen and oxygen atoms in total. The largest absolute Gasteiger partial charge is 0.204 e. The van der Waals surface area contributed by atoms with Gasteiger partial charge in [-0.2, -0.15) is 10.2 Å². The monoisotopic (exact) mass is 160 g/mol. The number of aromatic nitrogens is 1. The Labute approximate surface area is 71.1 Å². The van der Waals surface area contributed by atoms with Crippen LogP contribution in [0.5, 0.6) is 0 Å². The van der Waals surface area contributed by atoms with Crippen LogP contribution < -0.4 is 4.57 Å². The minimum atomic E-state index is 0.246. The molecule has 2 rings (SSSR count). The predicted molar refractivity (Wildman–Crippen MR) is 47.3 cm³/mol. The molecule has 0 amide bonds. The van der Waals surface area contributed by atoms with Crippen LogP contribution >= 0.6 is 0 Å². The average Bonchev–Trinajstić information content (AvgIpc) is 2.57. The highest BCUT2D eigenvalue weighted by atomic mass is 15.2. The van der Waals surface area contributed by atoms with Crippen LogP contribution in [0.2, 0.25) is 0 Å². The molecule has 12 heavy (non-hydrogen) atoms. The molecule has 3 heteroatoms. The van der Waals surface area contributed by atoms with Gasteiger partial charge in [0.2, 0.25) is 0 Å². The van der Waals surface area contributed by atoms with Gasteiger partial charge in [-0.1, -0.05) is 6.07 Å². The fourth-order valence-corrected chi connectivity index (χ4v) is 1.29. The fraction of sp³-hybridized carbons (Fsp3) is 0.222.